The second-order valence-electron chi connectivity index (χ2n) is 6.60. The maximum atomic E-state index is 10.7. The summed E-state index contributed by atoms with van der Waals surface area (Å²) in [6.45, 7) is 3.54. The molecule has 0 unspecified atom stereocenters. The van der Waals surface area contributed by atoms with E-state index in [0.29, 0.717) is 0 Å². The molecular weight excluding hydrogens is 392 g/mol. The van der Waals surface area contributed by atoms with Crippen molar-refractivity contribution in [2.45, 2.75) is 20.0 Å². The van der Waals surface area contributed by atoms with E-state index < -0.39 is 26.5 Å². The normalized spacial score (nSPS) is 12.3. The van der Waals surface area contributed by atoms with E-state index in [4.69, 9.17) is 6.33 Å². The standard InChI is InChI=1S/C18H15OSi.C3H7O.2H2O.Ti/c19-20(16-10-4-1-5-11-16,17-12-6-2-7-13-17)18-14-8-3-9-15-18;1-3(2)4;;;/h1-15H;3H,1-2H3;2*1H2;/q2*-1;;;+4/p-2. The number of hydrogen-bond acceptors (Lipinski definition) is 4. The third-order valence-corrected chi connectivity index (χ3v) is 12.1. The van der Waals surface area contributed by atoms with Gasteiger partial charge in [-0.15, -0.1) is 0 Å². The fourth-order valence-electron chi connectivity index (χ4n) is 3.23. The summed E-state index contributed by atoms with van der Waals surface area (Å²) in [5.41, 5.74) is 0. The molecule has 0 saturated carbocycles. The van der Waals surface area contributed by atoms with Crippen LogP contribution in [0.5, 0.6) is 0 Å². The first kappa shape index (κ1) is 20.2. The van der Waals surface area contributed by atoms with Crippen molar-refractivity contribution < 1.29 is 31.8 Å². The van der Waals surface area contributed by atoms with Crippen LogP contribution in [-0.4, -0.2) is 21.8 Å². The van der Waals surface area contributed by atoms with E-state index >= 15 is 0 Å². The van der Waals surface area contributed by atoms with Crippen molar-refractivity contribution in [3.63, 3.8) is 0 Å². The van der Waals surface area contributed by atoms with Crippen LogP contribution in [0.2, 0.25) is 0 Å². The van der Waals surface area contributed by atoms with Crippen LogP contribution >= 0.6 is 0 Å². The van der Waals surface area contributed by atoms with Crippen LogP contribution in [-0.2, 0) is 24.5 Å². The van der Waals surface area contributed by atoms with E-state index in [9.17, 15) is 7.38 Å². The van der Waals surface area contributed by atoms with Gasteiger partial charge in [-0.05, 0) is 0 Å². The third kappa shape index (κ3) is 4.65. The molecular formula is C21H24O4SiTi. The molecule has 3 aromatic carbocycles. The number of rotatable bonds is 7. The Balaban J connectivity index is 2.26. The molecule has 0 fully saturated rings. The van der Waals surface area contributed by atoms with Gasteiger partial charge in [0.25, 0.3) is 0 Å². The molecule has 0 aliphatic carbocycles. The molecule has 0 atom stereocenters. The minimum absolute atomic E-state index is 0.339. The van der Waals surface area contributed by atoms with Crippen molar-refractivity contribution >= 4 is 23.9 Å². The van der Waals surface area contributed by atoms with Crippen LogP contribution in [0.15, 0.2) is 91.0 Å². The molecule has 3 aromatic rings. The summed E-state index contributed by atoms with van der Waals surface area (Å²) in [4.78, 5) is 0. The van der Waals surface area contributed by atoms with Crippen molar-refractivity contribution in [2.24, 2.45) is 0 Å². The molecule has 0 saturated heterocycles. The summed E-state index contributed by atoms with van der Waals surface area (Å²) >= 11 is -4.97. The van der Waals surface area contributed by atoms with Crippen molar-refractivity contribution in [1.29, 1.82) is 0 Å². The predicted molar refractivity (Wildman–Crippen MR) is 106 cm³/mol. The van der Waals surface area contributed by atoms with E-state index in [1.54, 1.807) is 13.8 Å². The van der Waals surface area contributed by atoms with Crippen LogP contribution in [0.1, 0.15) is 13.8 Å². The van der Waals surface area contributed by atoms with Crippen molar-refractivity contribution in [3.8, 4) is 0 Å². The predicted octanol–water partition coefficient (Wildman–Crippen LogP) is 1.89. The summed E-state index contributed by atoms with van der Waals surface area (Å²) in [6, 6.07) is 29.4. The van der Waals surface area contributed by atoms with Crippen molar-refractivity contribution in [1.82, 2.24) is 0 Å². The van der Waals surface area contributed by atoms with Crippen molar-refractivity contribution in [3.05, 3.63) is 91.0 Å². The molecule has 3 rings (SSSR count). The van der Waals surface area contributed by atoms with Gasteiger partial charge in [0.1, 0.15) is 0 Å². The van der Waals surface area contributed by atoms with Gasteiger partial charge >= 0.3 is 167 Å². The topological polar surface area (TPSA) is 58.9 Å². The third-order valence-electron chi connectivity index (χ3n) is 4.22. The molecule has 0 radical (unpaired) electrons. The number of hydrogen-bond donors (Lipinski definition) is 2. The Morgan fingerprint density at radius 3 is 1.30 bits per heavy atom. The van der Waals surface area contributed by atoms with Gasteiger partial charge in [-0.2, -0.15) is 0 Å². The Kier molecular flexibility index (Phi) is 6.45. The Bertz CT molecular complexity index is 745. The van der Waals surface area contributed by atoms with Crippen LogP contribution in [0.25, 0.3) is 0 Å². The van der Waals surface area contributed by atoms with Gasteiger partial charge in [0.05, 0.1) is 0 Å². The fourth-order valence-corrected chi connectivity index (χ4v) is 11.7. The van der Waals surface area contributed by atoms with Gasteiger partial charge in [-0.1, -0.05) is 0 Å². The molecule has 140 valence electrons. The zero-order valence-corrected chi connectivity index (χ0v) is 18.0. The van der Waals surface area contributed by atoms with Gasteiger partial charge in [-0.25, -0.2) is 0 Å². The first-order valence-electron chi connectivity index (χ1n) is 8.93. The summed E-state index contributed by atoms with van der Waals surface area (Å²) in [5, 5.41) is 2.81. The van der Waals surface area contributed by atoms with Crippen molar-refractivity contribution in [2.75, 3.05) is 0 Å². The molecule has 6 heteroatoms. The van der Waals surface area contributed by atoms with Crippen LogP contribution < -0.4 is 15.6 Å². The monoisotopic (exact) mass is 416 g/mol. The number of benzene rings is 3. The average Bonchev–Trinajstić information content (AvgIpc) is 2.67. The van der Waals surface area contributed by atoms with Gasteiger partial charge in [0, 0.05) is 0 Å². The van der Waals surface area contributed by atoms with Gasteiger partial charge in [0.2, 0.25) is 0 Å². The molecule has 0 heterocycles. The molecule has 0 aliphatic rings. The Morgan fingerprint density at radius 1 is 0.667 bits per heavy atom. The molecule has 0 spiro atoms. The SMILES string of the molecule is CC(C)[O][Ti]([OH])([OH])[O][Si](c1ccccc1)(c1ccccc1)c1ccccc1. The summed E-state index contributed by atoms with van der Waals surface area (Å²) in [6.07, 6.45) is -0.339. The quantitative estimate of drug-likeness (QED) is 0.456. The van der Waals surface area contributed by atoms with E-state index in [1.165, 1.54) is 0 Å². The summed E-state index contributed by atoms with van der Waals surface area (Å²) < 4.78 is 33.3. The second kappa shape index (κ2) is 8.63. The van der Waals surface area contributed by atoms with Gasteiger partial charge < -0.3 is 0 Å². The summed E-state index contributed by atoms with van der Waals surface area (Å²) in [5.74, 6) is 0. The minimum atomic E-state index is -4.97. The first-order chi connectivity index (χ1) is 12.9. The molecule has 2 N–H and O–H groups in total. The van der Waals surface area contributed by atoms with E-state index in [2.05, 4.69) is 0 Å². The second-order valence-corrected chi connectivity index (χ2v) is 12.9. The summed E-state index contributed by atoms with van der Waals surface area (Å²) in [7, 11) is -3.17. The Hall–Kier alpha value is -1.57. The van der Waals surface area contributed by atoms with Gasteiger partial charge in [-0.3, -0.25) is 0 Å². The average molecular weight is 416 g/mol. The Morgan fingerprint density at radius 2 is 1.00 bits per heavy atom. The van der Waals surface area contributed by atoms with Gasteiger partial charge in [0.15, 0.2) is 0 Å². The molecule has 4 nitrogen and oxygen atoms in total. The molecule has 0 amide bonds. The van der Waals surface area contributed by atoms with E-state index in [1.807, 2.05) is 91.0 Å². The van der Waals surface area contributed by atoms with Crippen LogP contribution in [0.3, 0.4) is 0 Å². The maximum absolute atomic E-state index is 10.7. The first-order valence-corrected chi connectivity index (χ1v) is 13.5. The zero-order chi connectivity index (χ0) is 19.3. The molecule has 0 aliphatic heterocycles. The van der Waals surface area contributed by atoms with E-state index in [0.717, 1.165) is 15.6 Å². The van der Waals surface area contributed by atoms with E-state index in [-0.39, 0.29) is 6.10 Å². The Labute approximate surface area is 166 Å². The van der Waals surface area contributed by atoms with Crippen LogP contribution in [0, 0.1) is 0 Å². The fraction of sp³-hybridized carbons (Fsp3) is 0.143. The molecule has 27 heavy (non-hydrogen) atoms. The molecule has 0 bridgehead atoms. The molecule has 0 aromatic heterocycles. The van der Waals surface area contributed by atoms with Crippen LogP contribution in [0.4, 0.5) is 0 Å². The zero-order valence-electron chi connectivity index (χ0n) is 15.4.